The molecule has 0 heterocycles. The molecule has 0 saturated heterocycles. The smallest absolute Gasteiger partial charge is 0.244 e. The van der Waals surface area contributed by atoms with Gasteiger partial charge in [-0.1, -0.05) is 30.1 Å². The van der Waals surface area contributed by atoms with E-state index in [2.05, 4.69) is 5.32 Å². The molecule has 5 heteroatoms. The molecule has 0 bridgehead atoms. The number of rotatable bonds is 5. The molecule has 0 aromatic heterocycles. The Morgan fingerprint density at radius 2 is 2.22 bits per heavy atom. The van der Waals surface area contributed by atoms with E-state index >= 15 is 0 Å². The van der Waals surface area contributed by atoms with Crippen molar-refractivity contribution in [2.75, 3.05) is 6.61 Å². The minimum absolute atomic E-state index is 0.0754. The van der Waals surface area contributed by atoms with Crippen LogP contribution in [0.4, 0.5) is 0 Å². The first kappa shape index (κ1) is 15.0. The molecule has 1 amide bonds. The Morgan fingerprint density at radius 3 is 2.83 bits per heavy atom. The zero-order chi connectivity index (χ0) is 13.5. The predicted molar refractivity (Wildman–Crippen MR) is 74.8 cm³/mol. The van der Waals surface area contributed by atoms with Crippen LogP contribution in [-0.2, 0) is 4.79 Å². The molecule has 98 valence electrons. The molecular weight excluding hydrogens is 273 g/mol. The summed E-state index contributed by atoms with van der Waals surface area (Å²) in [5.74, 6) is -0.271. The third kappa shape index (κ3) is 4.69. The highest BCUT2D eigenvalue weighted by molar-refractivity contribution is 6.34. The average Bonchev–Trinajstić information content (AvgIpc) is 2.37. The number of aliphatic hydroxyl groups is 1. The zero-order valence-corrected chi connectivity index (χ0v) is 11.5. The van der Waals surface area contributed by atoms with E-state index < -0.39 is 0 Å². The number of halogens is 2. The molecule has 0 aliphatic heterocycles. The van der Waals surface area contributed by atoms with Gasteiger partial charge in [0.15, 0.2) is 0 Å². The standard InChI is InChI=1S/C13H15Cl2NO2/c1-2-11(8-17)16-13(18)6-3-9-7-10(14)4-5-12(9)15/h3-7,11,17H,2,8H2,1H3,(H,16,18)/b6-3+/t11-/m0/s1. The topological polar surface area (TPSA) is 49.3 Å². The maximum absolute atomic E-state index is 11.6. The van der Waals surface area contributed by atoms with Crippen molar-refractivity contribution in [3.8, 4) is 0 Å². The van der Waals surface area contributed by atoms with Crippen LogP contribution in [0, 0.1) is 0 Å². The molecule has 1 aromatic rings. The molecule has 1 rings (SSSR count). The van der Waals surface area contributed by atoms with Crippen LogP contribution in [-0.4, -0.2) is 23.7 Å². The number of carbonyl (C=O) groups excluding carboxylic acids is 1. The largest absolute Gasteiger partial charge is 0.394 e. The van der Waals surface area contributed by atoms with Crippen LogP contribution in [0.2, 0.25) is 10.0 Å². The first-order chi connectivity index (χ1) is 8.56. The van der Waals surface area contributed by atoms with E-state index in [-0.39, 0.29) is 18.6 Å². The normalized spacial score (nSPS) is 12.7. The molecular formula is C13H15Cl2NO2. The molecule has 0 radical (unpaired) electrons. The zero-order valence-electron chi connectivity index (χ0n) is 9.99. The molecule has 0 fully saturated rings. The third-order valence-electron chi connectivity index (χ3n) is 2.43. The monoisotopic (exact) mass is 287 g/mol. The second kappa shape index (κ2) is 7.41. The van der Waals surface area contributed by atoms with Crippen molar-refractivity contribution in [1.29, 1.82) is 0 Å². The Hall–Kier alpha value is -1.03. The van der Waals surface area contributed by atoms with E-state index in [1.54, 1.807) is 24.3 Å². The maximum Gasteiger partial charge on any atom is 0.244 e. The Bertz CT molecular complexity index is 443. The fourth-order valence-corrected chi connectivity index (χ4v) is 1.69. The van der Waals surface area contributed by atoms with Gasteiger partial charge in [-0.05, 0) is 36.3 Å². The number of amides is 1. The second-order valence-corrected chi connectivity index (χ2v) is 4.64. The molecule has 0 unspecified atom stereocenters. The van der Waals surface area contributed by atoms with Crippen LogP contribution in [0.5, 0.6) is 0 Å². The van der Waals surface area contributed by atoms with Gasteiger partial charge in [0.2, 0.25) is 5.91 Å². The van der Waals surface area contributed by atoms with E-state index in [9.17, 15) is 4.79 Å². The van der Waals surface area contributed by atoms with Gasteiger partial charge in [0.25, 0.3) is 0 Å². The minimum atomic E-state index is -0.271. The van der Waals surface area contributed by atoms with Crippen molar-refractivity contribution < 1.29 is 9.90 Å². The summed E-state index contributed by atoms with van der Waals surface area (Å²) in [6.07, 6.45) is 3.64. The fraction of sp³-hybridized carbons (Fsp3) is 0.308. The van der Waals surface area contributed by atoms with Crippen molar-refractivity contribution >= 4 is 35.2 Å². The summed E-state index contributed by atoms with van der Waals surface area (Å²) in [5.41, 5.74) is 0.677. The van der Waals surface area contributed by atoms with E-state index in [4.69, 9.17) is 28.3 Å². The fourth-order valence-electron chi connectivity index (χ4n) is 1.33. The van der Waals surface area contributed by atoms with Gasteiger partial charge in [-0.3, -0.25) is 4.79 Å². The van der Waals surface area contributed by atoms with Crippen LogP contribution in [0.3, 0.4) is 0 Å². The number of benzene rings is 1. The van der Waals surface area contributed by atoms with Crippen LogP contribution in [0.15, 0.2) is 24.3 Å². The summed E-state index contributed by atoms with van der Waals surface area (Å²) in [7, 11) is 0. The van der Waals surface area contributed by atoms with Crippen molar-refractivity contribution in [1.82, 2.24) is 5.32 Å². The first-order valence-corrected chi connectivity index (χ1v) is 6.37. The number of hydrogen-bond donors (Lipinski definition) is 2. The van der Waals surface area contributed by atoms with E-state index in [0.29, 0.717) is 22.0 Å². The molecule has 1 aromatic carbocycles. The highest BCUT2D eigenvalue weighted by Gasteiger charge is 2.06. The summed E-state index contributed by atoms with van der Waals surface area (Å²) in [6, 6.07) is 4.80. The van der Waals surface area contributed by atoms with Crippen LogP contribution in [0.1, 0.15) is 18.9 Å². The summed E-state index contributed by atoms with van der Waals surface area (Å²) in [4.78, 5) is 11.6. The number of aliphatic hydroxyl groups excluding tert-OH is 1. The first-order valence-electron chi connectivity index (χ1n) is 5.61. The molecule has 0 aliphatic carbocycles. The number of hydrogen-bond acceptors (Lipinski definition) is 2. The quantitative estimate of drug-likeness (QED) is 0.818. The lowest BCUT2D eigenvalue weighted by Gasteiger charge is -2.11. The van der Waals surface area contributed by atoms with Gasteiger partial charge in [-0.25, -0.2) is 0 Å². The third-order valence-corrected chi connectivity index (χ3v) is 3.01. The molecule has 2 N–H and O–H groups in total. The van der Waals surface area contributed by atoms with E-state index in [1.165, 1.54) is 6.08 Å². The molecule has 1 atom stereocenters. The van der Waals surface area contributed by atoms with Crippen LogP contribution >= 0.6 is 23.2 Å². The average molecular weight is 288 g/mol. The number of nitrogens with one attached hydrogen (secondary N) is 1. The van der Waals surface area contributed by atoms with Crippen molar-refractivity contribution in [2.45, 2.75) is 19.4 Å². The van der Waals surface area contributed by atoms with E-state index in [1.807, 2.05) is 6.92 Å². The molecule has 18 heavy (non-hydrogen) atoms. The van der Waals surface area contributed by atoms with Gasteiger partial charge in [-0.2, -0.15) is 0 Å². The lowest BCUT2D eigenvalue weighted by atomic mass is 10.2. The highest BCUT2D eigenvalue weighted by Crippen LogP contribution is 2.21. The molecule has 0 aliphatic rings. The predicted octanol–water partition coefficient (Wildman–Crippen LogP) is 2.89. The van der Waals surface area contributed by atoms with Gasteiger partial charge < -0.3 is 10.4 Å². The van der Waals surface area contributed by atoms with Crippen molar-refractivity contribution in [2.24, 2.45) is 0 Å². The SMILES string of the molecule is CC[C@@H](CO)NC(=O)/C=C/c1cc(Cl)ccc1Cl. The Morgan fingerprint density at radius 1 is 1.50 bits per heavy atom. The second-order valence-electron chi connectivity index (χ2n) is 3.80. The summed E-state index contributed by atoms with van der Waals surface area (Å²) < 4.78 is 0. The lowest BCUT2D eigenvalue weighted by molar-refractivity contribution is -0.117. The van der Waals surface area contributed by atoms with Gasteiger partial charge in [0.1, 0.15) is 0 Å². The Labute approximate surface area is 116 Å². The van der Waals surface area contributed by atoms with Crippen LogP contribution < -0.4 is 5.32 Å². The van der Waals surface area contributed by atoms with E-state index in [0.717, 1.165) is 0 Å². The van der Waals surface area contributed by atoms with Gasteiger partial charge >= 0.3 is 0 Å². The summed E-state index contributed by atoms with van der Waals surface area (Å²) in [6.45, 7) is 1.81. The number of carbonyl (C=O) groups is 1. The summed E-state index contributed by atoms with van der Waals surface area (Å²) >= 11 is 11.8. The Balaban J connectivity index is 2.68. The highest BCUT2D eigenvalue weighted by atomic mass is 35.5. The van der Waals surface area contributed by atoms with Gasteiger partial charge in [0.05, 0.1) is 12.6 Å². The molecule has 0 saturated carbocycles. The molecule has 0 spiro atoms. The summed E-state index contributed by atoms with van der Waals surface area (Å²) in [5, 5.41) is 12.7. The van der Waals surface area contributed by atoms with Crippen molar-refractivity contribution in [3.63, 3.8) is 0 Å². The van der Waals surface area contributed by atoms with Gasteiger partial charge in [0, 0.05) is 16.1 Å². The Kier molecular flexibility index (Phi) is 6.19. The minimum Gasteiger partial charge on any atom is -0.394 e. The van der Waals surface area contributed by atoms with Crippen molar-refractivity contribution in [3.05, 3.63) is 39.9 Å². The molecule has 3 nitrogen and oxygen atoms in total. The van der Waals surface area contributed by atoms with Gasteiger partial charge in [-0.15, -0.1) is 0 Å². The van der Waals surface area contributed by atoms with Crippen LogP contribution in [0.25, 0.3) is 6.08 Å². The maximum atomic E-state index is 11.6. The lowest BCUT2D eigenvalue weighted by Crippen LogP contribution is -2.35.